The molecule has 1 atom stereocenters. The summed E-state index contributed by atoms with van der Waals surface area (Å²) >= 11 is 0. The lowest BCUT2D eigenvalue weighted by Gasteiger charge is -2.10. The molecule has 19 heavy (non-hydrogen) atoms. The van der Waals surface area contributed by atoms with Gasteiger partial charge in [0.05, 0.1) is 13.0 Å². The third-order valence-electron chi connectivity index (χ3n) is 2.60. The molecular weight excluding hydrogens is 252 g/mol. The van der Waals surface area contributed by atoms with Crippen LogP contribution in [0.15, 0.2) is 28.8 Å². The minimum Gasteiger partial charge on any atom is -0.480 e. The summed E-state index contributed by atoms with van der Waals surface area (Å²) in [6.07, 6.45) is -0.110. The van der Waals surface area contributed by atoms with Crippen molar-refractivity contribution in [3.05, 3.63) is 30.0 Å². The Morgan fingerprint density at radius 2 is 2.11 bits per heavy atom. The van der Waals surface area contributed by atoms with Crippen LogP contribution < -0.4 is 5.32 Å². The van der Waals surface area contributed by atoms with E-state index >= 15 is 0 Å². The fourth-order valence-corrected chi connectivity index (χ4v) is 1.65. The first kappa shape index (κ1) is 13.0. The highest BCUT2D eigenvalue weighted by Crippen LogP contribution is 2.17. The topological polar surface area (TPSA) is 113 Å². The summed E-state index contributed by atoms with van der Waals surface area (Å²) < 4.78 is 5.03. The van der Waals surface area contributed by atoms with Crippen LogP contribution >= 0.6 is 0 Å². The maximum Gasteiger partial charge on any atom is 0.328 e. The molecule has 3 N–H and O–H groups in total. The van der Waals surface area contributed by atoms with E-state index in [1.54, 1.807) is 24.3 Å². The van der Waals surface area contributed by atoms with Crippen LogP contribution in [0.4, 0.5) is 0 Å². The Hall–Kier alpha value is -2.41. The van der Waals surface area contributed by atoms with Crippen molar-refractivity contribution in [1.29, 1.82) is 0 Å². The van der Waals surface area contributed by atoms with Gasteiger partial charge in [0, 0.05) is 5.39 Å². The lowest BCUT2D eigenvalue weighted by molar-refractivity contribution is -0.142. The molecule has 0 spiro atoms. The van der Waals surface area contributed by atoms with Crippen LogP contribution in [0.25, 0.3) is 11.0 Å². The van der Waals surface area contributed by atoms with Gasteiger partial charge in [-0.25, -0.2) is 4.79 Å². The van der Waals surface area contributed by atoms with Crippen LogP contribution in [-0.4, -0.2) is 39.9 Å². The van der Waals surface area contributed by atoms with Gasteiger partial charge in [0.1, 0.15) is 11.7 Å². The van der Waals surface area contributed by atoms with Crippen LogP contribution in [0.5, 0.6) is 0 Å². The van der Waals surface area contributed by atoms with Crippen LogP contribution in [0.1, 0.15) is 5.69 Å². The maximum atomic E-state index is 11.7. The van der Waals surface area contributed by atoms with Gasteiger partial charge >= 0.3 is 5.97 Å². The number of aromatic nitrogens is 1. The molecular formula is C12H12N2O5. The molecule has 0 saturated heterocycles. The van der Waals surface area contributed by atoms with Gasteiger partial charge in [-0.2, -0.15) is 0 Å². The Morgan fingerprint density at radius 1 is 1.37 bits per heavy atom. The van der Waals surface area contributed by atoms with Crippen molar-refractivity contribution in [3.8, 4) is 0 Å². The summed E-state index contributed by atoms with van der Waals surface area (Å²) in [6.45, 7) is -0.666. The minimum absolute atomic E-state index is 0.110. The third kappa shape index (κ3) is 2.89. The van der Waals surface area contributed by atoms with Gasteiger partial charge in [-0.1, -0.05) is 17.3 Å². The van der Waals surface area contributed by atoms with Gasteiger partial charge in [-0.05, 0) is 12.1 Å². The second-order valence-electron chi connectivity index (χ2n) is 3.94. The van der Waals surface area contributed by atoms with Gasteiger partial charge in [0.25, 0.3) is 0 Å². The van der Waals surface area contributed by atoms with Crippen molar-refractivity contribution < 1.29 is 24.3 Å². The number of benzene rings is 1. The molecule has 0 saturated carbocycles. The molecule has 1 amide bonds. The van der Waals surface area contributed by atoms with Gasteiger partial charge in [-0.15, -0.1) is 0 Å². The van der Waals surface area contributed by atoms with E-state index in [4.69, 9.17) is 14.7 Å². The molecule has 1 unspecified atom stereocenters. The Balaban J connectivity index is 2.09. The maximum absolute atomic E-state index is 11.7. The lowest BCUT2D eigenvalue weighted by Crippen LogP contribution is -2.44. The number of hydrogen-bond acceptors (Lipinski definition) is 5. The number of aliphatic hydroxyl groups excluding tert-OH is 1. The normalized spacial score (nSPS) is 12.3. The van der Waals surface area contributed by atoms with Crippen molar-refractivity contribution >= 4 is 22.8 Å². The molecule has 0 aliphatic heterocycles. The first-order chi connectivity index (χ1) is 9.11. The van der Waals surface area contributed by atoms with E-state index < -0.39 is 24.5 Å². The van der Waals surface area contributed by atoms with Gasteiger partial charge in [-0.3, -0.25) is 4.79 Å². The Kier molecular flexibility index (Phi) is 3.76. The zero-order chi connectivity index (χ0) is 13.8. The standard InChI is InChI=1S/C12H12N2O5/c15-6-9(12(17)18)13-11(16)5-8-7-3-1-2-4-10(7)19-14-8/h1-4,9,15H,5-6H2,(H,13,16)(H,17,18). The monoisotopic (exact) mass is 264 g/mol. The van der Waals surface area contributed by atoms with E-state index in [0.717, 1.165) is 0 Å². The highest BCUT2D eigenvalue weighted by atomic mass is 16.5. The number of aliphatic carboxylic acids is 1. The predicted octanol–water partition coefficient (Wildman–Crippen LogP) is -0.0680. The Morgan fingerprint density at radius 3 is 2.79 bits per heavy atom. The number of carbonyl (C=O) groups is 2. The Bertz CT molecular complexity index is 607. The van der Waals surface area contributed by atoms with E-state index in [1.807, 2.05) is 0 Å². The average molecular weight is 264 g/mol. The second-order valence-corrected chi connectivity index (χ2v) is 3.94. The average Bonchev–Trinajstić information content (AvgIpc) is 2.79. The molecule has 1 aromatic heterocycles. The number of nitrogens with one attached hydrogen (secondary N) is 1. The van der Waals surface area contributed by atoms with E-state index in [1.165, 1.54) is 0 Å². The van der Waals surface area contributed by atoms with E-state index in [0.29, 0.717) is 16.7 Å². The first-order valence-corrected chi connectivity index (χ1v) is 5.58. The molecule has 1 aromatic carbocycles. The molecule has 7 heteroatoms. The summed E-state index contributed by atoms with van der Waals surface area (Å²) in [5.74, 6) is -1.83. The molecule has 7 nitrogen and oxygen atoms in total. The van der Waals surface area contributed by atoms with Gasteiger partial charge < -0.3 is 20.1 Å². The largest absolute Gasteiger partial charge is 0.480 e. The third-order valence-corrected chi connectivity index (χ3v) is 2.60. The Labute approximate surface area is 107 Å². The van der Waals surface area contributed by atoms with Crippen molar-refractivity contribution in [3.63, 3.8) is 0 Å². The number of carbonyl (C=O) groups excluding carboxylic acids is 1. The highest BCUT2D eigenvalue weighted by Gasteiger charge is 2.20. The van der Waals surface area contributed by atoms with Crippen molar-refractivity contribution in [2.45, 2.75) is 12.5 Å². The number of rotatable bonds is 5. The smallest absolute Gasteiger partial charge is 0.328 e. The number of carboxylic acids is 1. The minimum atomic E-state index is -1.31. The molecule has 0 fully saturated rings. The molecule has 0 aliphatic rings. The summed E-state index contributed by atoms with van der Waals surface area (Å²) in [4.78, 5) is 22.3. The summed E-state index contributed by atoms with van der Waals surface area (Å²) in [6, 6.07) is 5.73. The van der Waals surface area contributed by atoms with Gasteiger partial charge in [0.15, 0.2) is 5.58 Å². The SMILES string of the molecule is O=C(Cc1noc2ccccc12)NC(CO)C(=O)O. The van der Waals surface area contributed by atoms with Crippen molar-refractivity contribution in [1.82, 2.24) is 10.5 Å². The van der Waals surface area contributed by atoms with Crippen LogP contribution in [0.2, 0.25) is 0 Å². The quantitative estimate of drug-likeness (QED) is 0.697. The predicted molar refractivity (Wildman–Crippen MR) is 64.4 cm³/mol. The number of para-hydroxylation sites is 1. The van der Waals surface area contributed by atoms with Crippen molar-refractivity contribution in [2.75, 3.05) is 6.61 Å². The van der Waals surface area contributed by atoms with Crippen molar-refractivity contribution in [2.24, 2.45) is 0 Å². The molecule has 2 rings (SSSR count). The lowest BCUT2D eigenvalue weighted by atomic mass is 10.1. The van der Waals surface area contributed by atoms with E-state index in [9.17, 15) is 9.59 Å². The van der Waals surface area contributed by atoms with Gasteiger partial charge in [0.2, 0.25) is 5.91 Å². The summed E-state index contributed by atoms with van der Waals surface area (Å²) in [5.41, 5.74) is 0.984. The fourth-order valence-electron chi connectivity index (χ4n) is 1.65. The zero-order valence-corrected chi connectivity index (χ0v) is 9.87. The van der Waals surface area contributed by atoms with E-state index in [-0.39, 0.29) is 6.42 Å². The second kappa shape index (κ2) is 5.49. The molecule has 1 heterocycles. The van der Waals surface area contributed by atoms with Crippen LogP contribution in [0.3, 0.4) is 0 Å². The first-order valence-electron chi connectivity index (χ1n) is 5.58. The molecule has 2 aromatic rings. The summed E-state index contributed by atoms with van der Waals surface area (Å²) in [7, 11) is 0. The summed E-state index contributed by atoms with van der Waals surface area (Å²) in [5, 5.41) is 24.2. The number of aliphatic hydroxyl groups is 1. The fraction of sp³-hybridized carbons (Fsp3) is 0.250. The number of nitrogens with zero attached hydrogens (tertiary/aromatic N) is 1. The molecule has 0 radical (unpaired) electrons. The zero-order valence-electron chi connectivity index (χ0n) is 9.87. The van der Waals surface area contributed by atoms with Crippen LogP contribution in [-0.2, 0) is 16.0 Å². The number of hydrogen-bond donors (Lipinski definition) is 3. The molecule has 100 valence electrons. The molecule has 0 bridgehead atoms. The number of amides is 1. The highest BCUT2D eigenvalue weighted by molar-refractivity contribution is 5.88. The number of carboxylic acid groups (broad SMARTS) is 1. The number of fused-ring (bicyclic) bond motifs is 1. The van der Waals surface area contributed by atoms with Crippen LogP contribution in [0, 0.1) is 0 Å². The van der Waals surface area contributed by atoms with E-state index in [2.05, 4.69) is 10.5 Å². The molecule has 0 aliphatic carbocycles.